The average molecular weight is 227 g/mol. The van der Waals surface area contributed by atoms with Crippen molar-refractivity contribution in [1.82, 2.24) is 4.90 Å². The van der Waals surface area contributed by atoms with Gasteiger partial charge in [0.25, 0.3) is 0 Å². The third-order valence-electron chi connectivity index (χ3n) is 3.46. The number of methoxy groups -OCH3 is 1. The first-order valence-corrected chi connectivity index (χ1v) is 6.13. The molecule has 4 nitrogen and oxygen atoms in total. The number of amidine groups is 1. The average Bonchev–Trinajstić information content (AvgIpc) is 2.99. The number of rotatable bonds is 8. The molecular weight excluding hydrogens is 202 g/mol. The molecule has 2 unspecified atom stereocenters. The molecule has 2 atom stereocenters. The van der Waals surface area contributed by atoms with Crippen LogP contribution in [0.4, 0.5) is 0 Å². The minimum atomic E-state index is 0.276. The van der Waals surface area contributed by atoms with E-state index in [2.05, 4.69) is 18.7 Å². The molecule has 0 aromatic carbocycles. The molecule has 16 heavy (non-hydrogen) atoms. The smallest absolute Gasteiger partial charge is 0.0920 e. The van der Waals surface area contributed by atoms with E-state index in [9.17, 15) is 0 Å². The van der Waals surface area contributed by atoms with Gasteiger partial charge in [0, 0.05) is 32.2 Å². The molecule has 0 heterocycles. The summed E-state index contributed by atoms with van der Waals surface area (Å²) in [5.74, 6) is 1.11. The lowest BCUT2D eigenvalue weighted by Crippen LogP contribution is -2.44. The molecule has 4 heteroatoms. The molecule has 1 aliphatic carbocycles. The number of hydrogen-bond donors (Lipinski definition) is 2. The SMILES string of the molecule is COCCN(C(C)CC(=N)N)C(C)C1CC1. The lowest BCUT2D eigenvalue weighted by atomic mass is 10.1. The van der Waals surface area contributed by atoms with Gasteiger partial charge in [0.1, 0.15) is 0 Å². The van der Waals surface area contributed by atoms with E-state index in [0.717, 1.165) is 19.1 Å². The van der Waals surface area contributed by atoms with Gasteiger partial charge in [-0.25, -0.2) is 0 Å². The highest BCUT2D eigenvalue weighted by molar-refractivity contribution is 5.77. The van der Waals surface area contributed by atoms with Crippen molar-refractivity contribution in [3.63, 3.8) is 0 Å². The third-order valence-corrected chi connectivity index (χ3v) is 3.46. The molecule has 94 valence electrons. The van der Waals surface area contributed by atoms with Crippen LogP contribution in [0.25, 0.3) is 0 Å². The van der Waals surface area contributed by atoms with Gasteiger partial charge in [0.15, 0.2) is 0 Å². The molecule has 1 rings (SSSR count). The Morgan fingerprint density at radius 1 is 1.50 bits per heavy atom. The monoisotopic (exact) mass is 227 g/mol. The fourth-order valence-corrected chi connectivity index (χ4v) is 2.31. The molecule has 1 saturated carbocycles. The number of ether oxygens (including phenoxy) is 1. The Labute approximate surface area is 98.6 Å². The van der Waals surface area contributed by atoms with Crippen molar-refractivity contribution in [3.05, 3.63) is 0 Å². The Morgan fingerprint density at radius 2 is 2.12 bits per heavy atom. The van der Waals surface area contributed by atoms with Gasteiger partial charge in [-0.3, -0.25) is 10.3 Å². The minimum absolute atomic E-state index is 0.276. The van der Waals surface area contributed by atoms with E-state index >= 15 is 0 Å². The van der Waals surface area contributed by atoms with E-state index in [-0.39, 0.29) is 5.84 Å². The second kappa shape index (κ2) is 6.21. The maximum Gasteiger partial charge on any atom is 0.0920 e. The van der Waals surface area contributed by atoms with E-state index < -0.39 is 0 Å². The summed E-state index contributed by atoms with van der Waals surface area (Å²) < 4.78 is 5.15. The van der Waals surface area contributed by atoms with E-state index in [0.29, 0.717) is 18.5 Å². The first-order chi connectivity index (χ1) is 7.56. The summed E-state index contributed by atoms with van der Waals surface area (Å²) >= 11 is 0. The Kier molecular flexibility index (Phi) is 5.22. The second-order valence-corrected chi connectivity index (χ2v) is 4.89. The van der Waals surface area contributed by atoms with Crippen molar-refractivity contribution in [1.29, 1.82) is 5.41 Å². The van der Waals surface area contributed by atoms with Crippen molar-refractivity contribution >= 4 is 5.84 Å². The number of nitrogens with one attached hydrogen (secondary N) is 1. The van der Waals surface area contributed by atoms with Crippen molar-refractivity contribution < 1.29 is 4.74 Å². The summed E-state index contributed by atoms with van der Waals surface area (Å²) in [6.07, 6.45) is 3.34. The van der Waals surface area contributed by atoms with Gasteiger partial charge in [0.2, 0.25) is 0 Å². The summed E-state index contributed by atoms with van der Waals surface area (Å²) in [5, 5.41) is 7.38. The number of nitrogens with zero attached hydrogens (tertiary/aromatic N) is 1. The lowest BCUT2D eigenvalue weighted by molar-refractivity contribution is 0.0895. The predicted molar refractivity (Wildman–Crippen MR) is 66.8 cm³/mol. The maximum absolute atomic E-state index is 7.38. The Bertz CT molecular complexity index is 228. The van der Waals surface area contributed by atoms with E-state index in [1.54, 1.807) is 7.11 Å². The highest BCUT2D eigenvalue weighted by atomic mass is 16.5. The van der Waals surface area contributed by atoms with Crippen molar-refractivity contribution in [2.45, 2.75) is 45.2 Å². The van der Waals surface area contributed by atoms with Crippen LogP contribution in [-0.4, -0.2) is 43.1 Å². The molecule has 0 aromatic rings. The van der Waals surface area contributed by atoms with Crippen molar-refractivity contribution in [3.8, 4) is 0 Å². The van der Waals surface area contributed by atoms with Crippen LogP contribution in [0.15, 0.2) is 0 Å². The fourth-order valence-electron chi connectivity index (χ4n) is 2.31. The quantitative estimate of drug-likeness (QED) is 0.487. The molecule has 1 fully saturated rings. The lowest BCUT2D eigenvalue weighted by Gasteiger charge is -2.34. The van der Waals surface area contributed by atoms with Crippen LogP contribution in [-0.2, 0) is 4.74 Å². The summed E-state index contributed by atoms with van der Waals surface area (Å²) in [6.45, 7) is 6.11. The predicted octanol–water partition coefficient (Wildman–Crippen LogP) is 1.45. The van der Waals surface area contributed by atoms with Crippen molar-refractivity contribution in [2.24, 2.45) is 11.7 Å². The van der Waals surface area contributed by atoms with Crippen LogP contribution in [0.5, 0.6) is 0 Å². The van der Waals surface area contributed by atoms with Crippen LogP contribution in [0, 0.1) is 11.3 Å². The molecular formula is C12H25N3O. The second-order valence-electron chi connectivity index (χ2n) is 4.89. The fraction of sp³-hybridized carbons (Fsp3) is 0.917. The van der Waals surface area contributed by atoms with E-state index in [1.807, 2.05) is 0 Å². The molecule has 1 aliphatic rings. The van der Waals surface area contributed by atoms with Crippen LogP contribution >= 0.6 is 0 Å². The van der Waals surface area contributed by atoms with Gasteiger partial charge < -0.3 is 10.5 Å². The summed E-state index contributed by atoms with van der Waals surface area (Å²) in [4.78, 5) is 2.43. The zero-order valence-electron chi connectivity index (χ0n) is 10.7. The Morgan fingerprint density at radius 3 is 2.56 bits per heavy atom. The molecule has 0 bridgehead atoms. The molecule has 0 amide bonds. The highest BCUT2D eigenvalue weighted by Gasteiger charge is 2.33. The molecule has 0 saturated heterocycles. The zero-order chi connectivity index (χ0) is 12.1. The van der Waals surface area contributed by atoms with Gasteiger partial charge in [-0.1, -0.05) is 0 Å². The summed E-state index contributed by atoms with van der Waals surface area (Å²) in [6, 6.07) is 0.924. The highest BCUT2D eigenvalue weighted by Crippen LogP contribution is 2.35. The first-order valence-electron chi connectivity index (χ1n) is 6.13. The molecule has 3 N–H and O–H groups in total. The maximum atomic E-state index is 7.38. The largest absolute Gasteiger partial charge is 0.388 e. The van der Waals surface area contributed by atoms with Gasteiger partial charge in [-0.2, -0.15) is 0 Å². The van der Waals surface area contributed by atoms with Crippen LogP contribution in [0.2, 0.25) is 0 Å². The summed E-state index contributed by atoms with van der Waals surface area (Å²) in [5.41, 5.74) is 5.48. The topological polar surface area (TPSA) is 62.3 Å². The zero-order valence-corrected chi connectivity index (χ0v) is 10.7. The minimum Gasteiger partial charge on any atom is -0.388 e. The van der Waals surface area contributed by atoms with E-state index in [1.165, 1.54) is 12.8 Å². The van der Waals surface area contributed by atoms with Crippen LogP contribution in [0.3, 0.4) is 0 Å². The number of hydrogen-bond acceptors (Lipinski definition) is 3. The Balaban J connectivity index is 2.50. The van der Waals surface area contributed by atoms with Gasteiger partial charge in [0.05, 0.1) is 12.4 Å². The standard InChI is InChI=1S/C12H25N3O/c1-9(8-12(13)14)15(6-7-16-3)10(2)11-4-5-11/h9-11H,4-8H2,1-3H3,(H3,13,14). The Hall–Kier alpha value is -0.610. The third kappa shape index (κ3) is 4.10. The molecule has 0 aliphatic heterocycles. The first kappa shape index (κ1) is 13.5. The van der Waals surface area contributed by atoms with Gasteiger partial charge >= 0.3 is 0 Å². The van der Waals surface area contributed by atoms with Crippen molar-refractivity contribution in [2.75, 3.05) is 20.3 Å². The van der Waals surface area contributed by atoms with Crippen LogP contribution in [0.1, 0.15) is 33.1 Å². The van der Waals surface area contributed by atoms with Crippen LogP contribution < -0.4 is 5.73 Å². The molecule has 0 radical (unpaired) electrons. The van der Waals surface area contributed by atoms with Gasteiger partial charge in [-0.15, -0.1) is 0 Å². The number of nitrogens with two attached hydrogens (primary N) is 1. The van der Waals surface area contributed by atoms with Gasteiger partial charge in [-0.05, 0) is 32.6 Å². The molecule has 0 spiro atoms. The van der Waals surface area contributed by atoms with E-state index in [4.69, 9.17) is 15.9 Å². The summed E-state index contributed by atoms with van der Waals surface area (Å²) in [7, 11) is 1.73. The normalized spacial score (nSPS) is 19.8. The molecule has 0 aromatic heterocycles.